The van der Waals surface area contributed by atoms with Gasteiger partial charge >= 0.3 is 5.97 Å². The number of carbonyl (C=O) groups is 2. The van der Waals surface area contributed by atoms with E-state index in [4.69, 9.17) is 17.0 Å². The third-order valence-corrected chi connectivity index (χ3v) is 4.23. The van der Waals surface area contributed by atoms with Gasteiger partial charge in [-0.1, -0.05) is 60.2 Å². The number of esters is 1. The molecule has 6 heteroatoms. The number of amides is 1. The molecule has 1 atom stereocenters. The minimum absolute atomic E-state index is 0.0130. The van der Waals surface area contributed by atoms with Gasteiger partial charge in [-0.05, 0) is 19.1 Å². The van der Waals surface area contributed by atoms with Crippen LogP contribution in [0.1, 0.15) is 11.1 Å². The van der Waals surface area contributed by atoms with Crippen molar-refractivity contribution in [3.8, 4) is 0 Å². The van der Waals surface area contributed by atoms with Crippen molar-refractivity contribution >= 4 is 40.6 Å². The van der Waals surface area contributed by atoms with Gasteiger partial charge in [0.25, 0.3) is 5.91 Å². The Hall–Kier alpha value is -2.86. The lowest BCUT2D eigenvalue weighted by Gasteiger charge is -2.31. The number of hydrogen-bond acceptors (Lipinski definition) is 4. The Morgan fingerprint density at radius 1 is 1.12 bits per heavy atom. The second-order valence-corrected chi connectivity index (χ2v) is 6.02. The number of nitrogens with zero attached hydrogens (tertiary/aromatic N) is 2. The highest BCUT2D eigenvalue weighted by molar-refractivity contribution is 7.80. The first-order valence-electron chi connectivity index (χ1n) is 7.69. The van der Waals surface area contributed by atoms with Crippen LogP contribution in [0.2, 0.25) is 0 Å². The van der Waals surface area contributed by atoms with Crippen molar-refractivity contribution in [3.05, 3.63) is 65.7 Å². The smallest absolute Gasteiger partial charge is 0.325 e. The predicted molar refractivity (Wildman–Crippen MR) is 99.7 cm³/mol. The zero-order valence-electron chi connectivity index (χ0n) is 13.8. The van der Waals surface area contributed by atoms with Crippen LogP contribution in [0.5, 0.6) is 0 Å². The van der Waals surface area contributed by atoms with Crippen molar-refractivity contribution in [3.63, 3.8) is 0 Å². The van der Waals surface area contributed by atoms with Crippen molar-refractivity contribution in [1.82, 2.24) is 0 Å². The van der Waals surface area contributed by atoms with Crippen LogP contribution in [-0.2, 0) is 14.3 Å². The number of benzene rings is 2. The first kappa shape index (κ1) is 17.0. The first-order valence-corrected chi connectivity index (χ1v) is 8.10. The van der Waals surface area contributed by atoms with Crippen molar-refractivity contribution in [2.45, 2.75) is 6.92 Å². The van der Waals surface area contributed by atoms with Crippen LogP contribution >= 0.6 is 12.2 Å². The maximum Gasteiger partial charge on any atom is 0.325 e. The third kappa shape index (κ3) is 3.21. The molecule has 0 N–H and O–H groups in total. The van der Waals surface area contributed by atoms with E-state index in [0.717, 1.165) is 11.1 Å². The number of anilines is 1. The summed E-state index contributed by atoms with van der Waals surface area (Å²) in [5.41, 5.74) is 2.42. The highest BCUT2D eigenvalue weighted by atomic mass is 32.1. The van der Waals surface area contributed by atoms with Crippen LogP contribution in [0.3, 0.4) is 0 Å². The van der Waals surface area contributed by atoms with Crippen LogP contribution in [0, 0.1) is 12.8 Å². The van der Waals surface area contributed by atoms with Gasteiger partial charge in [0.2, 0.25) is 0 Å². The summed E-state index contributed by atoms with van der Waals surface area (Å²) >= 11 is 5.21. The van der Waals surface area contributed by atoms with Gasteiger partial charge in [0.05, 0.1) is 12.8 Å². The molecule has 0 aromatic heterocycles. The molecule has 0 aliphatic carbocycles. The van der Waals surface area contributed by atoms with Gasteiger partial charge in [0.1, 0.15) is 10.8 Å². The number of ether oxygens (including phenoxy) is 1. The Morgan fingerprint density at radius 2 is 1.76 bits per heavy atom. The number of rotatable bonds is 3. The summed E-state index contributed by atoms with van der Waals surface area (Å²) in [5.74, 6) is -1.98. The summed E-state index contributed by atoms with van der Waals surface area (Å²) in [6.45, 7) is 1.96. The van der Waals surface area contributed by atoms with Crippen molar-refractivity contribution in [1.29, 1.82) is 0 Å². The number of thiocarbonyl (C=S) groups is 1. The average molecular weight is 352 g/mol. The monoisotopic (exact) mass is 352 g/mol. The molecule has 5 nitrogen and oxygen atoms in total. The van der Waals surface area contributed by atoms with Crippen LogP contribution in [0.4, 0.5) is 5.69 Å². The van der Waals surface area contributed by atoms with Gasteiger partial charge in [-0.3, -0.25) is 14.5 Å². The van der Waals surface area contributed by atoms with Crippen LogP contribution in [0.25, 0.3) is 0 Å². The number of carbonyl (C=O) groups excluding carboxylic acids is 2. The topological polar surface area (TPSA) is 59.0 Å². The van der Waals surface area contributed by atoms with Crippen LogP contribution in [-0.4, -0.2) is 29.8 Å². The molecule has 1 heterocycles. The molecule has 0 fully saturated rings. The van der Waals surface area contributed by atoms with Crippen molar-refractivity contribution in [2.75, 3.05) is 12.0 Å². The predicted octanol–water partition coefficient (Wildman–Crippen LogP) is 2.91. The summed E-state index contributed by atoms with van der Waals surface area (Å²) in [5, 5.41) is 0. The van der Waals surface area contributed by atoms with E-state index in [-0.39, 0.29) is 4.99 Å². The summed E-state index contributed by atoms with van der Waals surface area (Å²) < 4.78 is 4.73. The maximum atomic E-state index is 13.1. The summed E-state index contributed by atoms with van der Waals surface area (Å²) in [6.07, 6.45) is 0. The normalized spacial score (nSPS) is 17.3. The van der Waals surface area contributed by atoms with Crippen LogP contribution in [0.15, 0.2) is 59.6 Å². The number of amidine groups is 1. The molecular weight excluding hydrogens is 336 g/mol. The lowest BCUT2D eigenvalue weighted by molar-refractivity contribution is -0.146. The Bertz CT molecular complexity index is 860. The fraction of sp³-hybridized carbons (Fsp3) is 0.158. The number of methoxy groups -OCH3 is 1. The molecule has 0 radical (unpaired) electrons. The Labute approximate surface area is 150 Å². The van der Waals surface area contributed by atoms with E-state index in [1.165, 1.54) is 12.0 Å². The molecule has 1 amide bonds. The summed E-state index contributed by atoms with van der Waals surface area (Å²) in [7, 11) is 1.23. The fourth-order valence-electron chi connectivity index (χ4n) is 2.60. The Balaban J connectivity index is 2.16. The van der Waals surface area contributed by atoms with Gasteiger partial charge in [-0.25, -0.2) is 4.99 Å². The fourth-order valence-corrected chi connectivity index (χ4v) is 2.89. The van der Waals surface area contributed by atoms with Gasteiger partial charge < -0.3 is 4.74 Å². The molecular formula is C19H16N2O3S. The Morgan fingerprint density at radius 3 is 2.36 bits per heavy atom. The van der Waals surface area contributed by atoms with E-state index in [9.17, 15) is 9.59 Å². The van der Waals surface area contributed by atoms with E-state index >= 15 is 0 Å². The van der Waals surface area contributed by atoms with Gasteiger partial charge in [-0.2, -0.15) is 0 Å². The van der Waals surface area contributed by atoms with Gasteiger partial charge in [-0.15, -0.1) is 0 Å². The molecule has 0 saturated carbocycles. The van der Waals surface area contributed by atoms with Crippen molar-refractivity contribution in [2.24, 2.45) is 10.9 Å². The lowest BCUT2D eigenvalue weighted by Crippen LogP contribution is -2.50. The average Bonchev–Trinajstić information content (AvgIpc) is 2.63. The SMILES string of the molecule is COC(=O)[C@H]1C(=O)N(c2ccc(C)cc2)C(c2ccccc2)=NC1=S. The number of aliphatic imine (C=N–C) groups is 1. The largest absolute Gasteiger partial charge is 0.468 e. The summed E-state index contributed by atoms with van der Waals surface area (Å²) in [4.78, 5) is 30.9. The van der Waals surface area contributed by atoms with E-state index in [1.807, 2.05) is 61.5 Å². The van der Waals surface area contributed by atoms with E-state index in [1.54, 1.807) is 0 Å². The van der Waals surface area contributed by atoms with Crippen molar-refractivity contribution < 1.29 is 14.3 Å². The molecule has 1 aliphatic rings. The molecule has 0 unspecified atom stereocenters. The molecule has 3 rings (SSSR count). The van der Waals surface area contributed by atoms with Gasteiger partial charge in [0, 0.05) is 5.56 Å². The third-order valence-electron chi connectivity index (χ3n) is 3.90. The van der Waals surface area contributed by atoms with Crippen LogP contribution < -0.4 is 4.90 Å². The zero-order chi connectivity index (χ0) is 18.0. The first-order chi connectivity index (χ1) is 12.0. The highest BCUT2D eigenvalue weighted by Crippen LogP contribution is 2.26. The molecule has 126 valence electrons. The Kier molecular flexibility index (Phi) is 4.72. The minimum Gasteiger partial charge on any atom is -0.468 e. The molecule has 2 aromatic carbocycles. The molecule has 25 heavy (non-hydrogen) atoms. The van der Waals surface area contributed by atoms with Gasteiger partial charge in [0.15, 0.2) is 5.92 Å². The molecule has 1 aliphatic heterocycles. The standard InChI is InChI=1S/C19H16N2O3S/c1-12-8-10-14(11-9-12)21-16(13-6-4-3-5-7-13)20-17(25)15(18(21)22)19(23)24-2/h3-11,15H,1-2H3/t15-/m1/s1. The second kappa shape index (κ2) is 6.94. The van der Waals surface area contributed by atoms with E-state index < -0.39 is 17.8 Å². The molecule has 0 saturated heterocycles. The zero-order valence-corrected chi connectivity index (χ0v) is 14.6. The van der Waals surface area contributed by atoms with E-state index in [2.05, 4.69) is 4.99 Å². The molecule has 2 aromatic rings. The van der Waals surface area contributed by atoms with E-state index in [0.29, 0.717) is 11.5 Å². The number of hydrogen-bond donors (Lipinski definition) is 0. The minimum atomic E-state index is -1.21. The maximum absolute atomic E-state index is 13.1. The number of aryl methyl sites for hydroxylation is 1. The molecule has 0 bridgehead atoms. The molecule has 0 spiro atoms. The second-order valence-electron chi connectivity index (χ2n) is 5.61. The lowest BCUT2D eigenvalue weighted by atomic mass is 10.0. The quantitative estimate of drug-likeness (QED) is 0.484. The highest BCUT2D eigenvalue weighted by Gasteiger charge is 2.42. The summed E-state index contributed by atoms with van der Waals surface area (Å²) in [6, 6.07) is 16.7.